The third-order valence-corrected chi connectivity index (χ3v) is 6.33. The predicted molar refractivity (Wildman–Crippen MR) is 131 cm³/mol. The molecule has 1 heterocycles. The first-order valence-corrected chi connectivity index (χ1v) is 11.9. The molecule has 39 heavy (non-hydrogen) atoms. The molecule has 0 fully saturated rings. The summed E-state index contributed by atoms with van der Waals surface area (Å²) in [6, 6.07) is 15.3. The summed E-state index contributed by atoms with van der Waals surface area (Å²) in [6.07, 6.45) is -16.2. The molecule has 13 heteroatoms. The van der Waals surface area contributed by atoms with Gasteiger partial charge in [-0.2, -0.15) is 26.3 Å². The number of primary amides is 1. The van der Waals surface area contributed by atoms with E-state index in [-0.39, 0.29) is 0 Å². The molecule has 7 nitrogen and oxygen atoms in total. The third kappa shape index (κ3) is 7.80. The number of nitrogens with two attached hydrogens (primary N) is 1. The highest BCUT2D eigenvalue weighted by molar-refractivity contribution is 6.20. The number of anilines is 1. The van der Waals surface area contributed by atoms with E-state index in [1.165, 1.54) is 11.9 Å². The molecule has 0 saturated heterocycles. The van der Waals surface area contributed by atoms with Gasteiger partial charge in [0.25, 0.3) is 5.91 Å². The number of para-hydroxylation sites is 1. The number of amides is 3. The number of benzene rings is 2. The minimum Gasteiger partial charge on any atom is -0.369 e. The Balaban J connectivity index is 2.00. The highest BCUT2D eigenvalue weighted by Crippen LogP contribution is 2.33. The Bertz CT molecular complexity index is 1230. The first-order chi connectivity index (χ1) is 18.2. The van der Waals surface area contributed by atoms with E-state index in [1.807, 2.05) is 0 Å². The summed E-state index contributed by atoms with van der Waals surface area (Å²) in [5.74, 6) is -7.08. The van der Waals surface area contributed by atoms with Crippen LogP contribution in [-0.4, -0.2) is 49.0 Å². The van der Waals surface area contributed by atoms with Crippen LogP contribution in [0.15, 0.2) is 59.6 Å². The number of fused-ring (bicyclic) bond motifs is 1. The molecule has 3 amide bonds. The van der Waals surface area contributed by atoms with E-state index in [1.54, 1.807) is 54.6 Å². The summed E-state index contributed by atoms with van der Waals surface area (Å²) in [5, 5.41) is 2.27. The van der Waals surface area contributed by atoms with E-state index < -0.39 is 73.8 Å². The number of aliphatic imine (C=N–C) groups is 1. The fraction of sp³-hybridized carbons (Fsp3) is 0.385. The van der Waals surface area contributed by atoms with E-state index in [4.69, 9.17) is 5.73 Å². The zero-order valence-electron chi connectivity index (χ0n) is 20.7. The number of nitrogens with zero attached hydrogens (tertiary/aromatic N) is 2. The predicted octanol–water partition coefficient (Wildman–Crippen LogP) is 4.35. The number of halogens is 6. The van der Waals surface area contributed by atoms with Gasteiger partial charge >= 0.3 is 12.4 Å². The SMILES string of the molecule is CN1C(=O)C(NC(=O)[C@H](CCC(F)(F)F)[C@H](CCC(F)(F)F)C(N)=O)N=C(c2ccccc2)c2ccccc21. The highest BCUT2D eigenvalue weighted by atomic mass is 19.4. The maximum absolute atomic E-state index is 13.3. The van der Waals surface area contributed by atoms with Crippen molar-refractivity contribution in [2.24, 2.45) is 22.6 Å². The fourth-order valence-electron chi connectivity index (χ4n) is 4.38. The Kier molecular flexibility index (Phi) is 9.03. The summed E-state index contributed by atoms with van der Waals surface area (Å²) < 4.78 is 77.7. The van der Waals surface area contributed by atoms with Gasteiger partial charge in [-0.15, -0.1) is 0 Å². The number of hydrogen-bond donors (Lipinski definition) is 2. The molecule has 0 spiro atoms. The van der Waals surface area contributed by atoms with Crippen LogP contribution < -0.4 is 16.0 Å². The molecule has 0 saturated carbocycles. The van der Waals surface area contributed by atoms with Crippen LogP contribution in [0.1, 0.15) is 36.8 Å². The van der Waals surface area contributed by atoms with Gasteiger partial charge in [0.2, 0.25) is 18.0 Å². The average molecular weight is 557 g/mol. The van der Waals surface area contributed by atoms with Crippen molar-refractivity contribution in [2.45, 2.75) is 44.2 Å². The molecule has 2 aromatic carbocycles. The van der Waals surface area contributed by atoms with E-state index >= 15 is 0 Å². The van der Waals surface area contributed by atoms with Crippen LogP contribution >= 0.6 is 0 Å². The summed E-state index contributed by atoms with van der Waals surface area (Å²) >= 11 is 0. The van der Waals surface area contributed by atoms with Gasteiger partial charge < -0.3 is 16.0 Å². The zero-order chi connectivity index (χ0) is 29.0. The van der Waals surface area contributed by atoms with E-state index in [0.717, 1.165) is 0 Å². The fourth-order valence-corrected chi connectivity index (χ4v) is 4.38. The minimum atomic E-state index is -4.76. The molecule has 3 atom stereocenters. The van der Waals surface area contributed by atoms with Crippen LogP contribution in [0.25, 0.3) is 0 Å². The Morgan fingerprint density at radius 1 is 0.923 bits per heavy atom. The third-order valence-electron chi connectivity index (χ3n) is 6.33. The van der Waals surface area contributed by atoms with E-state index in [0.29, 0.717) is 22.5 Å². The van der Waals surface area contributed by atoms with E-state index in [9.17, 15) is 40.7 Å². The maximum atomic E-state index is 13.3. The van der Waals surface area contributed by atoms with Crippen molar-refractivity contribution >= 4 is 29.1 Å². The van der Waals surface area contributed by atoms with Crippen LogP contribution in [0, 0.1) is 11.8 Å². The second kappa shape index (κ2) is 11.9. The van der Waals surface area contributed by atoms with Crippen molar-refractivity contribution in [3.05, 3.63) is 65.7 Å². The van der Waals surface area contributed by atoms with E-state index in [2.05, 4.69) is 10.3 Å². The molecule has 210 valence electrons. The first-order valence-electron chi connectivity index (χ1n) is 11.9. The van der Waals surface area contributed by atoms with Crippen LogP contribution in [0.3, 0.4) is 0 Å². The van der Waals surface area contributed by atoms with Gasteiger partial charge in [0, 0.05) is 42.9 Å². The average Bonchev–Trinajstić information content (AvgIpc) is 2.95. The molecule has 3 rings (SSSR count). The van der Waals surface area contributed by atoms with Gasteiger partial charge in [-0.3, -0.25) is 14.4 Å². The summed E-state index contributed by atoms with van der Waals surface area (Å²) in [6.45, 7) is 0. The number of benzodiazepines with no additional fused rings is 1. The molecule has 1 aliphatic rings. The molecule has 0 bridgehead atoms. The van der Waals surface area contributed by atoms with Crippen molar-refractivity contribution in [1.82, 2.24) is 5.32 Å². The molecule has 0 aliphatic carbocycles. The number of hydrogen-bond acceptors (Lipinski definition) is 4. The normalized spacial score (nSPS) is 17.5. The van der Waals surface area contributed by atoms with Crippen molar-refractivity contribution in [3.8, 4) is 0 Å². The molecule has 1 unspecified atom stereocenters. The van der Waals surface area contributed by atoms with Gasteiger partial charge in [0.1, 0.15) is 0 Å². The lowest BCUT2D eigenvalue weighted by Crippen LogP contribution is -2.50. The molecule has 0 radical (unpaired) electrons. The van der Waals surface area contributed by atoms with Gasteiger partial charge in [0.05, 0.1) is 11.4 Å². The lowest BCUT2D eigenvalue weighted by Gasteiger charge is -2.27. The number of carbonyl (C=O) groups excluding carboxylic acids is 3. The standard InChI is InChI=1S/C26H26F6N4O3/c1-36-19-10-6-5-9-18(19)20(15-7-3-2-4-8-15)34-22(24(36)39)35-23(38)17(12-14-26(30,31)32)16(21(33)37)11-13-25(27,28)29/h2-10,16-17,22H,11-14H2,1H3,(H2,33,37)(H,35,38)/t16-,17+,22?/m0/s1. The smallest absolute Gasteiger partial charge is 0.369 e. The molecule has 1 aliphatic heterocycles. The second-order valence-corrected chi connectivity index (χ2v) is 9.09. The highest BCUT2D eigenvalue weighted by Gasteiger charge is 2.41. The lowest BCUT2D eigenvalue weighted by molar-refractivity contribution is -0.152. The number of carbonyl (C=O) groups is 3. The molecule has 0 aromatic heterocycles. The molecular weight excluding hydrogens is 530 g/mol. The number of nitrogens with one attached hydrogen (secondary N) is 1. The van der Waals surface area contributed by atoms with Crippen molar-refractivity contribution in [3.63, 3.8) is 0 Å². The molecule has 2 aromatic rings. The van der Waals surface area contributed by atoms with Crippen molar-refractivity contribution in [1.29, 1.82) is 0 Å². The number of alkyl halides is 6. The summed E-state index contributed by atoms with van der Waals surface area (Å²) in [4.78, 5) is 44.2. The van der Waals surface area contributed by atoms with Crippen LogP contribution in [0.5, 0.6) is 0 Å². The zero-order valence-corrected chi connectivity index (χ0v) is 20.7. The summed E-state index contributed by atoms with van der Waals surface area (Å²) in [5.41, 5.74) is 7.08. The lowest BCUT2D eigenvalue weighted by atomic mass is 9.83. The monoisotopic (exact) mass is 556 g/mol. The van der Waals surface area contributed by atoms with Gasteiger partial charge in [-0.25, -0.2) is 4.99 Å². The number of rotatable bonds is 9. The Morgan fingerprint density at radius 3 is 2.03 bits per heavy atom. The second-order valence-electron chi connectivity index (χ2n) is 9.09. The Morgan fingerprint density at radius 2 is 1.46 bits per heavy atom. The number of likely N-dealkylation sites (N-methyl/N-ethyl adjacent to an activating group) is 1. The summed E-state index contributed by atoms with van der Waals surface area (Å²) in [7, 11) is 1.42. The molecular formula is C26H26F6N4O3. The quantitative estimate of drug-likeness (QED) is 0.449. The Hall–Kier alpha value is -3.90. The maximum Gasteiger partial charge on any atom is 0.389 e. The van der Waals surface area contributed by atoms with Gasteiger partial charge in [-0.1, -0.05) is 48.5 Å². The van der Waals surface area contributed by atoms with Gasteiger partial charge in [0.15, 0.2) is 0 Å². The first kappa shape index (κ1) is 29.7. The van der Waals surface area contributed by atoms with Crippen LogP contribution in [0.4, 0.5) is 32.0 Å². The van der Waals surface area contributed by atoms with Crippen LogP contribution in [-0.2, 0) is 14.4 Å². The van der Waals surface area contributed by atoms with Crippen molar-refractivity contribution < 1.29 is 40.7 Å². The Labute approximate surface area is 220 Å². The van der Waals surface area contributed by atoms with Crippen molar-refractivity contribution in [2.75, 3.05) is 11.9 Å². The van der Waals surface area contributed by atoms with Crippen LogP contribution in [0.2, 0.25) is 0 Å². The largest absolute Gasteiger partial charge is 0.389 e. The molecule has 3 N–H and O–H groups in total. The van der Waals surface area contributed by atoms with Gasteiger partial charge in [-0.05, 0) is 18.9 Å². The minimum absolute atomic E-state index is 0.296. The topological polar surface area (TPSA) is 105 Å².